The number of likely N-dealkylation sites (N-methyl/N-ethyl adjacent to an activating group) is 1. The van der Waals surface area contributed by atoms with Crippen LogP contribution < -0.4 is 10.6 Å². The minimum atomic E-state index is 0.00716. The molecular weight excluding hydrogens is 292 g/mol. The largest absolute Gasteiger partial charge is 0.382 e. The van der Waals surface area contributed by atoms with E-state index >= 15 is 0 Å². The SMILES string of the molecule is CCOCCC1(CNC(=NCC(=O)N(C)C)NC(C)CC)CC1. The Morgan fingerprint density at radius 1 is 1.35 bits per heavy atom. The van der Waals surface area contributed by atoms with Gasteiger partial charge in [-0.15, -0.1) is 0 Å². The maximum absolute atomic E-state index is 11.7. The third-order valence-electron chi connectivity index (χ3n) is 4.44. The Bertz CT molecular complexity index is 392. The van der Waals surface area contributed by atoms with Gasteiger partial charge in [0.1, 0.15) is 6.54 Å². The van der Waals surface area contributed by atoms with Gasteiger partial charge in [0.15, 0.2) is 5.96 Å². The lowest BCUT2D eigenvalue weighted by Crippen LogP contribution is -2.44. The van der Waals surface area contributed by atoms with Crippen LogP contribution in [-0.4, -0.2) is 63.2 Å². The Kier molecular flexibility index (Phi) is 8.37. The lowest BCUT2D eigenvalue weighted by molar-refractivity contribution is -0.127. The van der Waals surface area contributed by atoms with E-state index in [1.54, 1.807) is 19.0 Å². The summed E-state index contributed by atoms with van der Waals surface area (Å²) in [6.45, 7) is 8.93. The molecular formula is C17H34N4O2. The summed E-state index contributed by atoms with van der Waals surface area (Å²) in [5.74, 6) is 0.741. The van der Waals surface area contributed by atoms with Crippen molar-refractivity contribution in [3.05, 3.63) is 0 Å². The second-order valence-corrected chi connectivity index (χ2v) is 6.71. The molecule has 1 atom stereocenters. The average Bonchev–Trinajstić information content (AvgIpc) is 3.29. The Morgan fingerprint density at radius 2 is 2.04 bits per heavy atom. The molecule has 1 rings (SSSR count). The Labute approximate surface area is 141 Å². The van der Waals surface area contributed by atoms with Crippen molar-refractivity contribution in [1.82, 2.24) is 15.5 Å². The number of rotatable bonds is 10. The highest BCUT2D eigenvalue weighted by Crippen LogP contribution is 2.48. The normalized spacial score (nSPS) is 17.5. The summed E-state index contributed by atoms with van der Waals surface area (Å²) in [6, 6.07) is 0.328. The summed E-state index contributed by atoms with van der Waals surface area (Å²) in [5.41, 5.74) is 0.346. The van der Waals surface area contributed by atoms with Crippen LogP contribution in [0.5, 0.6) is 0 Å². The van der Waals surface area contributed by atoms with Crippen molar-refractivity contribution in [3.8, 4) is 0 Å². The molecule has 1 unspecified atom stereocenters. The summed E-state index contributed by atoms with van der Waals surface area (Å²) in [4.78, 5) is 17.7. The highest BCUT2D eigenvalue weighted by Gasteiger charge is 2.42. The number of carbonyl (C=O) groups is 1. The molecule has 0 aromatic rings. The zero-order valence-electron chi connectivity index (χ0n) is 15.4. The summed E-state index contributed by atoms with van der Waals surface area (Å²) in [6.07, 6.45) is 4.57. The number of carbonyl (C=O) groups excluding carboxylic acids is 1. The van der Waals surface area contributed by atoms with E-state index in [1.807, 2.05) is 6.92 Å². The fraction of sp³-hybridized carbons (Fsp3) is 0.882. The molecule has 1 saturated carbocycles. The van der Waals surface area contributed by atoms with E-state index < -0.39 is 0 Å². The van der Waals surface area contributed by atoms with Crippen LogP contribution in [0.15, 0.2) is 4.99 Å². The van der Waals surface area contributed by atoms with Crippen molar-refractivity contribution < 1.29 is 9.53 Å². The number of hydrogen-bond donors (Lipinski definition) is 2. The van der Waals surface area contributed by atoms with Gasteiger partial charge in [0.2, 0.25) is 5.91 Å². The molecule has 0 spiro atoms. The zero-order chi connectivity index (χ0) is 17.3. The number of nitrogens with one attached hydrogen (secondary N) is 2. The van der Waals surface area contributed by atoms with Gasteiger partial charge in [-0.05, 0) is 44.9 Å². The van der Waals surface area contributed by atoms with Crippen molar-refractivity contribution in [2.24, 2.45) is 10.4 Å². The van der Waals surface area contributed by atoms with Crippen LogP contribution in [0.2, 0.25) is 0 Å². The third-order valence-corrected chi connectivity index (χ3v) is 4.44. The van der Waals surface area contributed by atoms with Crippen LogP contribution in [-0.2, 0) is 9.53 Å². The first kappa shape index (κ1) is 19.7. The maximum Gasteiger partial charge on any atom is 0.243 e. The van der Waals surface area contributed by atoms with Crippen LogP contribution in [0, 0.1) is 5.41 Å². The second-order valence-electron chi connectivity index (χ2n) is 6.71. The first-order valence-corrected chi connectivity index (χ1v) is 8.75. The van der Waals surface area contributed by atoms with Crippen molar-refractivity contribution in [2.75, 3.05) is 40.4 Å². The zero-order valence-corrected chi connectivity index (χ0v) is 15.4. The van der Waals surface area contributed by atoms with Crippen molar-refractivity contribution >= 4 is 11.9 Å². The lowest BCUT2D eigenvalue weighted by Gasteiger charge is -2.21. The van der Waals surface area contributed by atoms with E-state index in [0.29, 0.717) is 11.5 Å². The number of guanidine groups is 1. The molecule has 1 amide bonds. The molecule has 0 heterocycles. The minimum Gasteiger partial charge on any atom is -0.382 e. The van der Waals surface area contributed by atoms with Crippen molar-refractivity contribution in [3.63, 3.8) is 0 Å². The molecule has 0 saturated heterocycles. The Morgan fingerprint density at radius 3 is 2.57 bits per heavy atom. The van der Waals surface area contributed by atoms with E-state index in [4.69, 9.17) is 4.74 Å². The predicted octanol–water partition coefficient (Wildman–Crippen LogP) is 1.62. The van der Waals surface area contributed by atoms with E-state index in [0.717, 1.165) is 38.6 Å². The molecule has 23 heavy (non-hydrogen) atoms. The van der Waals surface area contributed by atoms with Gasteiger partial charge in [0, 0.05) is 39.9 Å². The molecule has 6 nitrogen and oxygen atoms in total. The molecule has 0 radical (unpaired) electrons. The van der Waals surface area contributed by atoms with Crippen LogP contribution in [0.1, 0.15) is 46.5 Å². The fourth-order valence-corrected chi connectivity index (χ4v) is 2.17. The molecule has 1 aliphatic rings. The van der Waals surface area contributed by atoms with Gasteiger partial charge in [-0.3, -0.25) is 4.79 Å². The predicted molar refractivity (Wildman–Crippen MR) is 94.7 cm³/mol. The molecule has 6 heteroatoms. The van der Waals surface area contributed by atoms with Crippen LogP contribution in [0.3, 0.4) is 0 Å². The second kappa shape index (κ2) is 9.75. The summed E-state index contributed by atoms with van der Waals surface area (Å²) >= 11 is 0. The van der Waals surface area contributed by atoms with Gasteiger partial charge >= 0.3 is 0 Å². The number of aliphatic imine (C=N–C) groups is 1. The van der Waals surface area contributed by atoms with Gasteiger partial charge in [-0.2, -0.15) is 0 Å². The third kappa shape index (κ3) is 7.68. The molecule has 0 aliphatic heterocycles. The molecule has 0 aromatic heterocycles. The smallest absolute Gasteiger partial charge is 0.243 e. The first-order chi connectivity index (χ1) is 10.9. The minimum absolute atomic E-state index is 0.00716. The monoisotopic (exact) mass is 326 g/mol. The highest BCUT2D eigenvalue weighted by atomic mass is 16.5. The molecule has 0 aromatic carbocycles. The lowest BCUT2D eigenvalue weighted by atomic mass is 10.0. The molecule has 2 N–H and O–H groups in total. The van der Waals surface area contributed by atoms with Gasteiger partial charge in [0.05, 0.1) is 0 Å². The molecule has 1 fully saturated rings. The average molecular weight is 326 g/mol. The molecule has 134 valence electrons. The van der Waals surface area contributed by atoms with Gasteiger partial charge < -0.3 is 20.3 Å². The Hall–Kier alpha value is -1.30. The van der Waals surface area contributed by atoms with E-state index in [2.05, 4.69) is 29.5 Å². The number of amides is 1. The topological polar surface area (TPSA) is 66.0 Å². The summed E-state index contributed by atoms with van der Waals surface area (Å²) in [7, 11) is 3.50. The number of nitrogens with zero attached hydrogens (tertiary/aromatic N) is 2. The fourth-order valence-electron chi connectivity index (χ4n) is 2.17. The summed E-state index contributed by atoms with van der Waals surface area (Å²) in [5, 5.41) is 6.79. The van der Waals surface area contributed by atoms with Crippen molar-refractivity contribution in [2.45, 2.75) is 52.5 Å². The van der Waals surface area contributed by atoms with Crippen LogP contribution in [0.25, 0.3) is 0 Å². The highest BCUT2D eigenvalue weighted by molar-refractivity contribution is 5.84. The van der Waals surface area contributed by atoms with Crippen molar-refractivity contribution in [1.29, 1.82) is 0 Å². The maximum atomic E-state index is 11.7. The first-order valence-electron chi connectivity index (χ1n) is 8.75. The van der Waals surface area contributed by atoms with Crippen LogP contribution in [0.4, 0.5) is 0 Å². The number of ether oxygens (including phenoxy) is 1. The summed E-state index contributed by atoms with van der Waals surface area (Å²) < 4.78 is 5.48. The Balaban J connectivity index is 2.52. The van der Waals surface area contributed by atoms with E-state index in [9.17, 15) is 4.79 Å². The van der Waals surface area contributed by atoms with Gasteiger partial charge in [-0.25, -0.2) is 4.99 Å². The number of hydrogen-bond acceptors (Lipinski definition) is 3. The van der Waals surface area contributed by atoms with Crippen LogP contribution >= 0.6 is 0 Å². The molecule has 1 aliphatic carbocycles. The quantitative estimate of drug-likeness (QED) is 0.364. The van der Waals surface area contributed by atoms with E-state index in [1.165, 1.54) is 12.8 Å². The van der Waals surface area contributed by atoms with Gasteiger partial charge in [-0.1, -0.05) is 6.92 Å². The standard InChI is InChI=1S/C17H34N4O2/c1-6-14(3)20-16(18-12-15(22)21(4)5)19-13-17(8-9-17)10-11-23-7-2/h14H,6-13H2,1-5H3,(H2,18,19,20). The van der Waals surface area contributed by atoms with Gasteiger partial charge in [0.25, 0.3) is 0 Å². The van der Waals surface area contributed by atoms with E-state index in [-0.39, 0.29) is 12.5 Å². The molecule has 0 bridgehead atoms.